The first-order valence-electron chi connectivity index (χ1n) is 12.5. The number of hydrogen-bond donors (Lipinski definition) is 2. The van der Waals surface area contributed by atoms with Crippen molar-refractivity contribution in [2.75, 3.05) is 32.7 Å². The molecule has 1 unspecified atom stereocenters. The van der Waals surface area contributed by atoms with Gasteiger partial charge in [-0.1, -0.05) is 0 Å². The number of aryl methyl sites for hydroxylation is 1. The van der Waals surface area contributed by atoms with Crippen LogP contribution in [0.2, 0.25) is 0 Å². The number of likely N-dealkylation sites (tertiary alicyclic amines) is 1. The minimum Gasteiger partial charge on any atom is -0.317 e. The van der Waals surface area contributed by atoms with Gasteiger partial charge in [-0.3, -0.25) is 19.6 Å². The highest BCUT2D eigenvalue weighted by Crippen LogP contribution is 2.42. The summed E-state index contributed by atoms with van der Waals surface area (Å²) in [6, 6.07) is 2.81. The Morgan fingerprint density at radius 1 is 1.06 bits per heavy atom. The summed E-state index contributed by atoms with van der Waals surface area (Å²) in [6.07, 6.45) is -0.415. The molecule has 0 aliphatic carbocycles. The van der Waals surface area contributed by atoms with Gasteiger partial charge in [0.1, 0.15) is 0 Å². The number of hydrogen-bond acceptors (Lipinski definition) is 5. The summed E-state index contributed by atoms with van der Waals surface area (Å²) >= 11 is 0. The molecule has 4 heterocycles. The predicted molar refractivity (Wildman–Crippen MR) is 125 cm³/mol. The molecule has 190 valence electrons. The zero-order chi connectivity index (χ0) is 24.7. The second kappa shape index (κ2) is 9.54. The number of halogens is 3. The summed E-state index contributed by atoms with van der Waals surface area (Å²) in [5.74, 6) is -1.11. The maximum absolute atomic E-state index is 14.3. The van der Waals surface area contributed by atoms with Gasteiger partial charge < -0.3 is 10.2 Å². The van der Waals surface area contributed by atoms with Crippen molar-refractivity contribution in [2.45, 2.75) is 56.5 Å². The molecule has 2 amide bonds. The van der Waals surface area contributed by atoms with Gasteiger partial charge in [-0.25, -0.2) is 0 Å². The van der Waals surface area contributed by atoms with E-state index in [4.69, 9.17) is 0 Å². The third-order valence-electron chi connectivity index (χ3n) is 7.93. The van der Waals surface area contributed by atoms with E-state index in [0.717, 1.165) is 45.6 Å². The molecule has 2 N–H and O–H groups in total. The summed E-state index contributed by atoms with van der Waals surface area (Å²) < 4.78 is 44.3. The number of benzene rings is 1. The van der Waals surface area contributed by atoms with Gasteiger partial charge in [0, 0.05) is 25.4 Å². The molecule has 3 saturated heterocycles. The zero-order valence-electron chi connectivity index (χ0n) is 20.0. The lowest BCUT2D eigenvalue weighted by Crippen LogP contribution is -2.40. The predicted octanol–water partition coefficient (Wildman–Crippen LogP) is 3.29. The van der Waals surface area contributed by atoms with E-state index in [1.807, 2.05) is 0 Å². The van der Waals surface area contributed by atoms with Crippen LogP contribution in [0.25, 0.3) is 10.9 Å². The van der Waals surface area contributed by atoms with Crippen molar-refractivity contribution in [1.29, 1.82) is 0 Å². The van der Waals surface area contributed by atoms with Crippen LogP contribution in [0, 0.1) is 5.92 Å². The molecule has 0 radical (unpaired) electrons. The molecule has 1 aromatic heterocycles. The molecule has 10 heteroatoms. The summed E-state index contributed by atoms with van der Waals surface area (Å²) in [4.78, 5) is 26.4. The summed E-state index contributed by atoms with van der Waals surface area (Å²) in [7, 11) is 1.69. The smallest absolute Gasteiger partial charge is 0.317 e. The molecule has 0 bridgehead atoms. The number of nitrogens with zero attached hydrogens (tertiary/aromatic N) is 3. The van der Waals surface area contributed by atoms with Gasteiger partial charge in [0.25, 0.3) is 0 Å². The maximum Gasteiger partial charge on any atom is 0.416 e. The molecule has 7 nitrogen and oxygen atoms in total. The molecule has 0 saturated carbocycles. The normalized spacial score (nSPS) is 23.7. The molecular weight excluding hydrogens is 459 g/mol. The van der Waals surface area contributed by atoms with E-state index in [0.29, 0.717) is 40.9 Å². The average molecular weight is 492 g/mol. The van der Waals surface area contributed by atoms with Crippen LogP contribution in [-0.2, 0) is 22.8 Å². The number of piperidine rings is 3. The van der Waals surface area contributed by atoms with E-state index in [9.17, 15) is 22.8 Å². The first kappa shape index (κ1) is 24.2. The van der Waals surface area contributed by atoms with E-state index in [2.05, 4.69) is 20.6 Å². The molecule has 3 aliphatic rings. The van der Waals surface area contributed by atoms with Gasteiger partial charge >= 0.3 is 6.18 Å². The molecule has 5 rings (SSSR count). The Morgan fingerprint density at radius 2 is 1.77 bits per heavy atom. The zero-order valence-corrected chi connectivity index (χ0v) is 20.0. The van der Waals surface area contributed by atoms with Crippen molar-refractivity contribution in [1.82, 2.24) is 25.3 Å². The molecule has 1 atom stereocenters. The standard InChI is InChI=1S/C25H32F3N5O2/c1-32-21-13-18(16-6-10-33(11-7-16)14-15-4-8-29-9-5-15)20(25(26,27)28)12-19(21)23(31-32)17-2-3-22(34)30-24(17)35/h12-13,15-17,29H,2-11,14H2,1H3,(H,30,34,35). The highest BCUT2D eigenvalue weighted by atomic mass is 19.4. The Bertz CT molecular complexity index is 1110. The van der Waals surface area contributed by atoms with Gasteiger partial charge in [-0.15, -0.1) is 0 Å². The van der Waals surface area contributed by atoms with E-state index in [1.54, 1.807) is 17.8 Å². The average Bonchev–Trinajstić information content (AvgIpc) is 3.14. The Morgan fingerprint density at radius 3 is 2.43 bits per heavy atom. The molecule has 1 aromatic carbocycles. The quantitative estimate of drug-likeness (QED) is 0.642. The van der Waals surface area contributed by atoms with Crippen molar-refractivity contribution < 1.29 is 22.8 Å². The van der Waals surface area contributed by atoms with Crippen molar-refractivity contribution in [3.8, 4) is 0 Å². The van der Waals surface area contributed by atoms with Crippen molar-refractivity contribution in [3.05, 3.63) is 29.0 Å². The number of fused-ring (bicyclic) bond motifs is 1. The first-order chi connectivity index (χ1) is 16.7. The van der Waals surface area contributed by atoms with Crippen molar-refractivity contribution in [3.63, 3.8) is 0 Å². The van der Waals surface area contributed by atoms with Crippen LogP contribution < -0.4 is 10.6 Å². The fourth-order valence-electron chi connectivity index (χ4n) is 6.00. The van der Waals surface area contributed by atoms with Crippen LogP contribution in [0.5, 0.6) is 0 Å². The lowest BCUT2D eigenvalue weighted by Gasteiger charge is -2.36. The van der Waals surface area contributed by atoms with Crippen LogP contribution >= 0.6 is 0 Å². The number of carbonyl (C=O) groups is 2. The summed E-state index contributed by atoms with van der Waals surface area (Å²) in [5.41, 5.74) is 0.582. The Labute approximate surface area is 202 Å². The van der Waals surface area contributed by atoms with Gasteiger partial charge in [-0.2, -0.15) is 18.3 Å². The lowest BCUT2D eigenvalue weighted by atomic mass is 9.84. The molecular formula is C25H32F3N5O2. The number of imide groups is 1. The van der Waals surface area contributed by atoms with Gasteiger partial charge in [0.2, 0.25) is 11.8 Å². The third-order valence-corrected chi connectivity index (χ3v) is 7.93. The Kier molecular flexibility index (Phi) is 6.61. The number of rotatable bonds is 4. The fourth-order valence-corrected chi connectivity index (χ4v) is 6.00. The summed E-state index contributed by atoms with van der Waals surface area (Å²) in [6.45, 7) is 4.72. The summed E-state index contributed by atoms with van der Waals surface area (Å²) in [5, 5.41) is 10.4. The molecule has 2 aromatic rings. The minimum atomic E-state index is -4.51. The Balaban J connectivity index is 1.42. The maximum atomic E-state index is 14.3. The van der Waals surface area contributed by atoms with E-state index in [1.165, 1.54) is 6.07 Å². The third kappa shape index (κ3) is 4.95. The second-order valence-electron chi connectivity index (χ2n) is 10.2. The van der Waals surface area contributed by atoms with Crippen molar-refractivity contribution in [2.24, 2.45) is 13.0 Å². The Hall–Kier alpha value is -2.46. The largest absolute Gasteiger partial charge is 0.416 e. The monoisotopic (exact) mass is 491 g/mol. The topological polar surface area (TPSA) is 79.3 Å². The van der Waals surface area contributed by atoms with E-state index in [-0.39, 0.29) is 24.7 Å². The van der Waals surface area contributed by atoms with Crippen molar-refractivity contribution >= 4 is 22.7 Å². The van der Waals surface area contributed by atoms with E-state index >= 15 is 0 Å². The molecule has 3 fully saturated rings. The molecule has 0 spiro atoms. The fraction of sp³-hybridized carbons (Fsp3) is 0.640. The van der Waals surface area contributed by atoms with Crippen LogP contribution in [0.1, 0.15) is 67.2 Å². The van der Waals surface area contributed by atoms with Crippen LogP contribution in [0.3, 0.4) is 0 Å². The number of nitrogens with one attached hydrogen (secondary N) is 2. The van der Waals surface area contributed by atoms with E-state index < -0.39 is 23.6 Å². The minimum absolute atomic E-state index is 0.147. The number of carbonyl (C=O) groups excluding carboxylic acids is 2. The first-order valence-corrected chi connectivity index (χ1v) is 12.5. The highest BCUT2D eigenvalue weighted by molar-refractivity contribution is 6.02. The number of aromatic nitrogens is 2. The lowest BCUT2D eigenvalue weighted by molar-refractivity contribution is -0.138. The highest BCUT2D eigenvalue weighted by Gasteiger charge is 2.39. The van der Waals surface area contributed by atoms with Crippen LogP contribution in [0.4, 0.5) is 13.2 Å². The molecule has 3 aliphatic heterocycles. The van der Waals surface area contributed by atoms with Crippen LogP contribution in [-0.4, -0.2) is 59.2 Å². The van der Waals surface area contributed by atoms with Gasteiger partial charge in [0.15, 0.2) is 0 Å². The van der Waals surface area contributed by atoms with Gasteiger partial charge in [-0.05, 0) is 87.8 Å². The van der Waals surface area contributed by atoms with Gasteiger partial charge in [0.05, 0.1) is 22.7 Å². The van der Waals surface area contributed by atoms with Crippen LogP contribution in [0.15, 0.2) is 12.1 Å². The SMILES string of the molecule is Cn1nc(C2CCC(=O)NC2=O)c2cc(C(F)(F)F)c(C3CCN(CC4CCNCC4)CC3)cc21. The molecule has 35 heavy (non-hydrogen) atoms. The second-order valence-corrected chi connectivity index (χ2v) is 10.2. The number of alkyl halides is 3. The number of amides is 2.